The van der Waals surface area contributed by atoms with Gasteiger partial charge in [0.2, 0.25) is 0 Å². The molecule has 0 spiro atoms. The highest BCUT2D eigenvalue weighted by atomic mass is 32.1. The highest BCUT2D eigenvalue weighted by molar-refractivity contribution is 7.80. The van der Waals surface area contributed by atoms with E-state index in [1.165, 1.54) is 18.1 Å². The molecule has 1 atom stereocenters. The number of methoxy groups -OCH3 is 1. The summed E-state index contributed by atoms with van der Waals surface area (Å²) >= 11 is 5.13. The number of likely N-dealkylation sites (tertiary alicyclic amines) is 1. The highest BCUT2D eigenvalue weighted by Gasteiger charge is 2.38. The van der Waals surface area contributed by atoms with Crippen molar-refractivity contribution in [3.05, 3.63) is 29.3 Å². The maximum absolute atomic E-state index is 12.8. The molecule has 0 radical (unpaired) electrons. The Morgan fingerprint density at radius 1 is 1.48 bits per heavy atom. The van der Waals surface area contributed by atoms with Gasteiger partial charge in [-0.05, 0) is 24.6 Å². The van der Waals surface area contributed by atoms with Crippen LogP contribution in [-0.4, -0.2) is 40.7 Å². The zero-order chi connectivity index (χ0) is 15.8. The number of alkyl halides is 3. The number of hydrogen-bond donors (Lipinski definition) is 1. The number of ether oxygens (including phenoxy) is 1. The topological polar surface area (TPSA) is 49.8 Å². The third-order valence-corrected chi connectivity index (χ3v) is 3.77. The predicted molar refractivity (Wildman–Crippen MR) is 71.9 cm³/mol. The van der Waals surface area contributed by atoms with Gasteiger partial charge >= 0.3 is 12.1 Å². The van der Waals surface area contributed by atoms with Gasteiger partial charge in [-0.25, -0.2) is 4.79 Å². The summed E-state index contributed by atoms with van der Waals surface area (Å²) in [5, 5.41) is 9.29. The minimum atomic E-state index is -4.67. The van der Waals surface area contributed by atoms with Gasteiger partial charge in [-0.15, -0.1) is 0 Å². The van der Waals surface area contributed by atoms with Crippen LogP contribution in [0.2, 0.25) is 0 Å². The SMILES string of the molecule is COC(=O)C1CCN1C(=S)c1ccc(O)c(C(F)(F)F)c1. The summed E-state index contributed by atoms with van der Waals surface area (Å²) in [7, 11) is 1.24. The molecule has 0 bridgehead atoms. The second-order valence-electron chi connectivity index (χ2n) is 4.56. The summed E-state index contributed by atoms with van der Waals surface area (Å²) in [6.07, 6.45) is -4.14. The molecule has 0 amide bonds. The van der Waals surface area contributed by atoms with E-state index in [0.717, 1.165) is 12.1 Å². The Morgan fingerprint density at radius 3 is 2.62 bits per heavy atom. The Labute approximate surface area is 124 Å². The maximum Gasteiger partial charge on any atom is 0.419 e. The zero-order valence-corrected chi connectivity index (χ0v) is 11.8. The number of phenolic OH excluding ortho intramolecular Hbond substituents is 1. The molecule has 1 unspecified atom stereocenters. The molecule has 1 aliphatic rings. The number of carbonyl (C=O) groups excluding carboxylic acids is 1. The van der Waals surface area contributed by atoms with Crippen LogP contribution in [0.3, 0.4) is 0 Å². The Balaban J connectivity index is 2.27. The molecular weight excluding hydrogens is 307 g/mol. The first-order valence-corrected chi connectivity index (χ1v) is 6.45. The van der Waals surface area contributed by atoms with Crippen LogP contribution in [-0.2, 0) is 15.7 Å². The van der Waals surface area contributed by atoms with E-state index in [9.17, 15) is 23.1 Å². The van der Waals surface area contributed by atoms with Gasteiger partial charge in [0.1, 0.15) is 16.8 Å². The fraction of sp³-hybridized carbons (Fsp3) is 0.385. The van der Waals surface area contributed by atoms with Crippen LogP contribution in [0.1, 0.15) is 17.5 Å². The van der Waals surface area contributed by atoms with Gasteiger partial charge in [-0.2, -0.15) is 13.2 Å². The van der Waals surface area contributed by atoms with E-state index in [-0.39, 0.29) is 10.6 Å². The lowest BCUT2D eigenvalue weighted by Gasteiger charge is -2.40. The normalized spacial score (nSPS) is 18.1. The first-order chi connectivity index (χ1) is 9.75. The fourth-order valence-electron chi connectivity index (χ4n) is 2.07. The second kappa shape index (κ2) is 5.51. The Bertz CT molecular complexity index is 589. The quantitative estimate of drug-likeness (QED) is 0.670. The van der Waals surface area contributed by atoms with Crippen molar-refractivity contribution in [2.75, 3.05) is 13.7 Å². The molecule has 0 saturated carbocycles. The standard InChI is InChI=1S/C13H12F3NO3S/c1-20-12(19)9-4-5-17(9)11(21)7-2-3-10(18)8(6-7)13(14,15)16/h2-3,6,9,18H,4-5H2,1H3. The second-order valence-corrected chi connectivity index (χ2v) is 4.94. The molecule has 4 nitrogen and oxygen atoms in total. The maximum atomic E-state index is 12.8. The Hall–Kier alpha value is -1.83. The van der Waals surface area contributed by atoms with Crippen LogP contribution in [0.15, 0.2) is 18.2 Å². The number of carbonyl (C=O) groups is 1. The van der Waals surface area contributed by atoms with E-state index >= 15 is 0 Å². The summed E-state index contributed by atoms with van der Waals surface area (Å²) in [6, 6.07) is 2.45. The van der Waals surface area contributed by atoms with Gasteiger partial charge in [-0.3, -0.25) is 0 Å². The van der Waals surface area contributed by atoms with Crippen LogP contribution in [0.25, 0.3) is 0 Å². The van der Waals surface area contributed by atoms with Crippen molar-refractivity contribution in [1.82, 2.24) is 4.90 Å². The van der Waals surface area contributed by atoms with Crippen LogP contribution >= 0.6 is 12.2 Å². The van der Waals surface area contributed by atoms with Gasteiger partial charge in [0.25, 0.3) is 0 Å². The lowest BCUT2D eigenvalue weighted by atomic mass is 10.0. The number of halogens is 3. The molecule has 1 saturated heterocycles. The summed E-state index contributed by atoms with van der Waals surface area (Å²) in [5.41, 5.74) is -1.03. The molecule has 1 N–H and O–H groups in total. The molecule has 0 aromatic heterocycles. The lowest BCUT2D eigenvalue weighted by Crippen LogP contribution is -2.55. The Morgan fingerprint density at radius 2 is 2.14 bits per heavy atom. The number of hydrogen-bond acceptors (Lipinski definition) is 4. The first-order valence-electron chi connectivity index (χ1n) is 6.04. The van der Waals surface area contributed by atoms with Crippen molar-refractivity contribution in [3.8, 4) is 5.75 Å². The molecule has 2 rings (SSSR count). The van der Waals surface area contributed by atoms with E-state index in [2.05, 4.69) is 4.74 Å². The lowest BCUT2D eigenvalue weighted by molar-refractivity contribution is -0.148. The molecule has 114 valence electrons. The van der Waals surface area contributed by atoms with Gasteiger partial charge in [0.15, 0.2) is 0 Å². The van der Waals surface area contributed by atoms with E-state index in [1.807, 2.05) is 0 Å². The van der Waals surface area contributed by atoms with E-state index < -0.39 is 29.5 Å². The number of benzene rings is 1. The molecular formula is C13H12F3NO3S. The van der Waals surface area contributed by atoms with Crippen LogP contribution in [0.5, 0.6) is 5.75 Å². The minimum Gasteiger partial charge on any atom is -0.507 e. The predicted octanol–water partition coefficient (Wildman–Crippen LogP) is 2.33. The van der Waals surface area contributed by atoms with Crippen LogP contribution < -0.4 is 0 Å². The molecule has 1 fully saturated rings. The summed E-state index contributed by atoms with van der Waals surface area (Å²) < 4.78 is 42.9. The fourth-order valence-corrected chi connectivity index (χ4v) is 2.42. The van der Waals surface area contributed by atoms with Crippen LogP contribution in [0, 0.1) is 0 Å². The number of phenols is 1. The van der Waals surface area contributed by atoms with Gasteiger partial charge in [-0.1, -0.05) is 12.2 Å². The average Bonchev–Trinajstić information content (AvgIpc) is 2.36. The summed E-state index contributed by atoms with van der Waals surface area (Å²) in [4.78, 5) is 13.1. The number of rotatable bonds is 2. The van der Waals surface area contributed by atoms with Crippen LogP contribution in [0.4, 0.5) is 13.2 Å². The van der Waals surface area contributed by atoms with Gasteiger partial charge < -0.3 is 14.7 Å². The number of nitrogens with zero attached hydrogens (tertiary/aromatic N) is 1. The average molecular weight is 319 g/mol. The molecule has 1 aromatic rings. The van der Waals surface area contributed by atoms with Crippen molar-refractivity contribution < 1.29 is 27.8 Å². The molecule has 21 heavy (non-hydrogen) atoms. The summed E-state index contributed by atoms with van der Waals surface area (Å²) in [6.45, 7) is 0.473. The van der Waals surface area contributed by atoms with Crippen molar-refractivity contribution in [2.45, 2.75) is 18.6 Å². The third-order valence-electron chi connectivity index (χ3n) is 3.30. The molecule has 0 aliphatic carbocycles. The van der Waals surface area contributed by atoms with E-state index in [4.69, 9.17) is 12.2 Å². The van der Waals surface area contributed by atoms with Crippen molar-refractivity contribution >= 4 is 23.2 Å². The first kappa shape index (κ1) is 15.6. The Kier molecular flexibility index (Phi) is 4.08. The monoisotopic (exact) mass is 319 g/mol. The van der Waals surface area contributed by atoms with E-state index in [1.54, 1.807) is 0 Å². The van der Waals surface area contributed by atoms with Gasteiger partial charge in [0.05, 0.1) is 12.7 Å². The van der Waals surface area contributed by atoms with Gasteiger partial charge in [0, 0.05) is 12.1 Å². The minimum absolute atomic E-state index is 0.127. The van der Waals surface area contributed by atoms with Crippen molar-refractivity contribution in [1.29, 1.82) is 0 Å². The zero-order valence-electron chi connectivity index (χ0n) is 11.0. The number of aromatic hydroxyl groups is 1. The number of esters is 1. The summed E-state index contributed by atoms with van der Waals surface area (Å²) in [5.74, 6) is -1.33. The number of thiocarbonyl (C=S) groups is 1. The smallest absolute Gasteiger partial charge is 0.419 e. The molecule has 1 aromatic carbocycles. The van der Waals surface area contributed by atoms with E-state index in [0.29, 0.717) is 13.0 Å². The highest BCUT2D eigenvalue weighted by Crippen LogP contribution is 2.36. The molecule has 8 heteroatoms. The van der Waals surface area contributed by atoms with Crippen molar-refractivity contribution in [3.63, 3.8) is 0 Å². The molecule has 1 heterocycles. The molecule has 1 aliphatic heterocycles. The third kappa shape index (κ3) is 2.94. The largest absolute Gasteiger partial charge is 0.507 e. The van der Waals surface area contributed by atoms with Crippen molar-refractivity contribution in [2.24, 2.45) is 0 Å².